The molecule has 0 aromatic heterocycles. The third-order valence-corrected chi connectivity index (χ3v) is 6.89. The molecule has 2 aliphatic heterocycles. The molecule has 150 valence electrons. The van der Waals surface area contributed by atoms with Gasteiger partial charge < -0.3 is 10.1 Å². The van der Waals surface area contributed by atoms with Crippen LogP contribution in [0.15, 0.2) is 24.3 Å². The second-order valence-electron chi connectivity index (χ2n) is 6.82. The van der Waals surface area contributed by atoms with Gasteiger partial charge in [0.2, 0.25) is 15.9 Å². The molecule has 2 saturated heterocycles. The molecule has 0 atom stereocenters. The highest BCUT2D eigenvalue weighted by atomic mass is 32.2. The smallest absolute Gasteiger partial charge is 0.381 e. The van der Waals surface area contributed by atoms with E-state index in [1.165, 1.54) is 6.07 Å². The van der Waals surface area contributed by atoms with Crippen LogP contribution in [-0.2, 0) is 31.3 Å². The zero-order valence-corrected chi connectivity index (χ0v) is 15.4. The fourth-order valence-electron chi connectivity index (χ4n) is 3.53. The lowest BCUT2D eigenvalue weighted by Crippen LogP contribution is -2.52. The minimum Gasteiger partial charge on any atom is -0.381 e. The SMILES string of the molecule is O=C(CN1CCCS1(=O)=O)NC1(c2cccc(C(F)(F)F)c2)CCOCC1. The molecule has 2 heterocycles. The molecule has 1 aromatic rings. The highest BCUT2D eigenvalue weighted by Gasteiger charge is 2.39. The summed E-state index contributed by atoms with van der Waals surface area (Å²) in [7, 11) is -3.43. The van der Waals surface area contributed by atoms with E-state index in [-0.39, 0.29) is 18.8 Å². The van der Waals surface area contributed by atoms with Crippen molar-refractivity contribution in [2.45, 2.75) is 31.0 Å². The highest BCUT2D eigenvalue weighted by Crippen LogP contribution is 2.36. The Balaban J connectivity index is 1.84. The molecule has 1 aromatic carbocycles. The van der Waals surface area contributed by atoms with Crippen LogP contribution in [0.5, 0.6) is 0 Å². The number of carbonyl (C=O) groups is 1. The number of nitrogens with one attached hydrogen (secondary N) is 1. The Hall–Kier alpha value is -1.65. The normalized spacial score (nSPS) is 22.5. The third-order valence-electron chi connectivity index (χ3n) is 4.99. The van der Waals surface area contributed by atoms with Gasteiger partial charge in [-0.25, -0.2) is 8.42 Å². The van der Waals surface area contributed by atoms with E-state index in [1.54, 1.807) is 6.07 Å². The minimum absolute atomic E-state index is 0.00684. The Bertz CT molecular complexity index is 805. The van der Waals surface area contributed by atoms with Crippen LogP contribution in [0.25, 0.3) is 0 Å². The fourth-order valence-corrected chi connectivity index (χ4v) is 5.01. The molecule has 27 heavy (non-hydrogen) atoms. The molecule has 6 nitrogen and oxygen atoms in total. The van der Waals surface area contributed by atoms with Gasteiger partial charge in [0.25, 0.3) is 0 Å². The van der Waals surface area contributed by atoms with Crippen LogP contribution in [0.3, 0.4) is 0 Å². The molecular formula is C17H21F3N2O4S. The van der Waals surface area contributed by atoms with Gasteiger partial charge in [-0.2, -0.15) is 17.5 Å². The second kappa shape index (κ2) is 7.40. The molecule has 1 amide bonds. The molecule has 0 spiro atoms. The summed E-state index contributed by atoms with van der Waals surface area (Å²) in [5.41, 5.74) is -1.46. The summed E-state index contributed by atoms with van der Waals surface area (Å²) in [5, 5.41) is 2.80. The maximum absolute atomic E-state index is 13.1. The molecule has 1 N–H and O–H groups in total. The molecule has 0 radical (unpaired) electrons. The summed E-state index contributed by atoms with van der Waals surface area (Å²) in [6.07, 6.45) is -3.40. The average Bonchev–Trinajstić information content (AvgIpc) is 2.93. The molecule has 3 rings (SSSR count). The lowest BCUT2D eigenvalue weighted by molar-refractivity contribution is -0.137. The minimum atomic E-state index is -4.49. The number of alkyl halides is 3. The van der Waals surface area contributed by atoms with E-state index in [0.29, 0.717) is 38.0 Å². The lowest BCUT2D eigenvalue weighted by Gasteiger charge is -2.39. The van der Waals surface area contributed by atoms with E-state index in [1.807, 2.05) is 0 Å². The zero-order chi connectivity index (χ0) is 19.7. The maximum Gasteiger partial charge on any atom is 0.416 e. The molecule has 2 fully saturated rings. The van der Waals surface area contributed by atoms with Crippen LogP contribution in [0.1, 0.15) is 30.4 Å². The quantitative estimate of drug-likeness (QED) is 0.828. The van der Waals surface area contributed by atoms with Gasteiger partial charge in [0.15, 0.2) is 0 Å². The van der Waals surface area contributed by atoms with Gasteiger partial charge in [-0.05, 0) is 37.0 Å². The van der Waals surface area contributed by atoms with Crippen LogP contribution in [0.4, 0.5) is 13.2 Å². The molecule has 0 unspecified atom stereocenters. The second-order valence-corrected chi connectivity index (χ2v) is 8.91. The summed E-state index contributed by atoms with van der Waals surface area (Å²) in [4.78, 5) is 12.5. The van der Waals surface area contributed by atoms with E-state index in [2.05, 4.69) is 5.32 Å². The van der Waals surface area contributed by atoms with Crippen molar-refractivity contribution in [2.24, 2.45) is 0 Å². The average molecular weight is 406 g/mol. The van der Waals surface area contributed by atoms with Crippen molar-refractivity contribution >= 4 is 15.9 Å². The number of halogens is 3. The monoisotopic (exact) mass is 406 g/mol. The van der Waals surface area contributed by atoms with Crippen molar-refractivity contribution in [3.8, 4) is 0 Å². The molecule has 2 aliphatic rings. The number of nitrogens with zero attached hydrogens (tertiary/aromatic N) is 1. The van der Waals surface area contributed by atoms with Crippen molar-refractivity contribution in [2.75, 3.05) is 32.1 Å². The Morgan fingerprint density at radius 3 is 2.56 bits per heavy atom. The first-order valence-corrected chi connectivity index (χ1v) is 10.3. The van der Waals surface area contributed by atoms with Crippen molar-refractivity contribution < 1.29 is 31.1 Å². The van der Waals surface area contributed by atoms with Gasteiger partial charge in [0, 0.05) is 19.8 Å². The summed E-state index contributed by atoms with van der Waals surface area (Å²) in [5.74, 6) is -0.521. The Kier molecular flexibility index (Phi) is 5.51. The van der Waals surface area contributed by atoms with E-state index >= 15 is 0 Å². The number of carbonyl (C=O) groups excluding carboxylic acids is 1. The number of hydrogen-bond donors (Lipinski definition) is 1. The van der Waals surface area contributed by atoms with Gasteiger partial charge in [-0.3, -0.25) is 4.79 Å². The van der Waals surface area contributed by atoms with E-state index < -0.39 is 33.2 Å². The molecule has 0 saturated carbocycles. The summed E-state index contributed by atoms with van der Waals surface area (Å²) in [6.45, 7) is 0.524. The van der Waals surface area contributed by atoms with Crippen LogP contribution < -0.4 is 5.32 Å². The number of benzene rings is 1. The Labute approximate surface area is 155 Å². The van der Waals surface area contributed by atoms with E-state index in [0.717, 1.165) is 16.4 Å². The zero-order valence-electron chi connectivity index (χ0n) is 14.6. The standard InChI is InChI=1S/C17H21F3N2O4S/c18-17(19,20)14-4-1-3-13(11-14)16(5-8-26-9-6-16)21-15(23)12-22-7-2-10-27(22,24)25/h1,3-4,11H,2,5-10,12H2,(H,21,23). The van der Waals surface area contributed by atoms with Gasteiger partial charge in [0.1, 0.15) is 0 Å². The number of rotatable bonds is 4. The molecule has 0 aliphatic carbocycles. The topological polar surface area (TPSA) is 75.7 Å². The van der Waals surface area contributed by atoms with Crippen LogP contribution >= 0.6 is 0 Å². The van der Waals surface area contributed by atoms with Crippen molar-refractivity contribution in [3.05, 3.63) is 35.4 Å². The largest absolute Gasteiger partial charge is 0.416 e. The maximum atomic E-state index is 13.1. The first-order valence-electron chi connectivity index (χ1n) is 8.67. The first-order chi connectivity index (χ1) is 12.6. The summed E-state index contributed by atoms with van der Waals surface area (Å²) >= 11 is 0. The summed E-state index contributed by atoms with van der Waals surface area (Å²) < 4.78 is 69.5. The predicted molar refractivity (Wildman–Crippen MR) is 91.3 cm³/mol. The van der Waals surface area contributed by atoms with Crippen molar-refractivity contribution in [1.29, 1.82) is 0 Å². The van der Waals surface area contributed by atoms with Crippen molar-refractivity contribution in [3.63, 3.8) is 0 Å². The Morgan fingerprint density at radius 2 is 1.96 bits per heavy atom. The Morgan fingerprint density at radius 1 is 1.26 bits per heavy atom. The molecule has 10 heteroatoms. The van der Waals surface area contributed by atoms with Crippen LogP contribution in [0.2, 0.25) is 0 Å². The predicted octanol–water partition coefficient (Wildman–Crippen LogP) is 1.86. The summed E-state index contributed by atoms with van der Waals surface area (Å²) in [6, 6.07) is 4.88. The van der Waals surface area contributed by atoms with Gasteiger partial charge >= 0.3 is 6.18 Å². The number of sulfonamides is 1. The van der Waals surface area contributed by atoms with Crippen LogP contribution in [0, 0.1) is 0 Å². The van der Waals surface area contributed by atoms with Crippen molar-refractivity contribution in [1.82, 2.24) is 9.62 Å². The third kappa shape index (κ3) is 4.44. The molecule has 0 bridgehead atoms. The fraction of sp³-hybridized carbons (Fsp3) is 0.588. The molecular weight excluding hydrogens is 385 g/mol. The van der Waals surface area contributed by atoms with Gasteiger partial charge in [-0.1, -0.05) is 12.1 Å². The van der Waals surface area contributed by atoms with Gasteiger partial charge in [-0.15, -0.1) is 0 Å². The number of amides is 1. The van der Waals surface area contributed by atoms with Crippen LogP contribution in [-0.4, -0.2) is 50.7 Å². The lowest BCUT2D eigenvalue weighted by atomic mass is 9.82. The highest BCUT2D eigenvalue weighted by molar-refractivity contribution is 7.89. The van der Waals surface area contributed by atoms with E-state index in [4.69, 9.17) is 4.74 Å². The van der Waals surface area contributed by atoms with E-state index in [9.17, 15) is 26.4 Å². The number of hydrogen-bond acceptors (Lipinski definition) is 4. The first kappa shape index (κ1) is 20.1. The van der Waals surface area contributed by atoms with Gasteiger partial charge in [0.05, 0.1) is 23.4 Å². The number of ether oxygens (including phenoxy) is 1.